The molecule has 2 heteroatoms. The van der Waals surface area contributed by atoms with Gasteiger partial charge in [0.1, 0.15) is 0 Å². The predicted molar refractivity (Wildman–Crippen MR) is 76.8 cm³/mol. The SMILES string of the molecule is C[N+]1(C)CCC2=CC(=O)CC(c3ccccc3)C2C1. The molecule has 3 rings (SSSR count). The van der Waals surface area contributed by atoms with Crippen molar-refractivity contribution >= 4 is 5.78 Å². The van der Waals surface area contributed by atoms with E-state index in [4.69, 9.17) is 0 Å². The van der Waals surface area contributed by atoms with E-state index < -0.39 is 0 Å². The fraction of sp³-hybridized carbons (Fsp3) is 0.471. The van der Waals surface area contributed by atoms with Gasteiger partial charge in [0.05, 0.1) is 27.2 Å². The Labute approximate surface area is 115 Å². The molecule has 0 saturated carbocycles. The van der Waals surface area contributed by atoms with Crippen molar-refractivity contribution < 1.29 is 9.28 Å². The summed E-state index contributed by atoms with van der Waals surface area (Å²) in [6, 6.07) is 10.6. The third-order valence-electron chi connectivity index (χ3n) is 4.65. The molecule has 1 heterocycles. The van der Waals surface area contributed by atoms with E-state index >= 15 is 0 Å². The molecule has 100 valence electrons. The summed E-state index contributed by atoms with van der Waals surface area (Å²) in [4.78, 5) is 12.0. The molecule has 2 atom stereocenters. The number of nitrogens with zero attached hydrogens (tertiary/aromatic N) is 1. The maximum atomic E-state index is 12.0. The molecule has 0 radical (unpaired) electrons. The molecule has 1 fully saturated rings. The Morgan fingerprint density at radius 2 is 1.84 bits per heavy atom. The van der Waals surface area contributed by atoms with Crippen molar-refractivity contribution in [3.05, 3.63) is 47.5 Å². The summed E-state index contributed by atoms with van der Waals surface area (Å²) in [7, 11) is 4.60. The Morgan fingerprint density at radius 1 is 1.11 bits per heavy atom. The average Bonchev–Trinajstić information content (AvgIpc) is 2.39. The van der Waals surface area contributed by atoms with Gasteiger partial charge in [-0.25, -0.2) is 0 Å². The number of carbonyl (C=O) groups excluding carboxylic acids is 1. The number of hydrogen-bond acceptors (Lipinski definition) is 1. The molecule has 19 heavy (non-hydrogen) atoms. The van der Waals surface area contributed by atoms with E-state index in [1.54, 1.807) is 0 Å². The Kier molecular flexibility index (Phi) is 3.06. The molecule has 1 aromatic carbocycles. The average molecular weight is 256 g/mol. The molecule has 1 aliphatic heterocycles. The highest BCUT2D eigenvalue weighted by Crippen LogP contribution is 2.41. The van der Waals surface area contributed by atoms with E-state index in [1.165, 1.54) is 11.1 Å². The number of ketones is 1. The zero-order valence-corrected chi connectivity index (χ0v) is 11.8. The second-order valence-corrected chi connectivity index (χ2v) is 6.61. The lowest BCUT2D eigenvalue weighted by molar-refractivity contribution is -0.896. The Balaban J connectivity index is 1.96. The number of piperidine rings is 1. The summed E-state index contributed by atoms with van der Waals surface area (Å²) in [5.74, 6) is 1.24. The largest absolute Gasteiger partial charge is 0.328 e. The van der Waals surface area contributed by atoms with Crippen LogP contribution >= 0.6 is 0 Å². The van der Waals surface area contributed by atoms with Crippen molar-refractivity contribution in [3.63, 3.8) is 0 Å². The lowest BCUT2D eigenvalue weighted by Gasteiger charge is -2.44. The molecular formula is C17H22NO+. The first-order chi connectivity index (χ1) is 9.05. The number of benzene rings is 1. The molecule has 0 amide bonds. The summed E-state index contributed by atoms with van der Waals surface area (Å²) in [5, 5.41) is 0. The van der Waals surface area contributed by atoms with E-state index in [0.29, 0.717) is 24.0 Å². The molecule has 2 aliphatic rings. The van der Waals surface area contributed by atoms with Gasteiger partial charge in [0, 0.05) is 24.7 Å². The summed E-state index contributed by atoms with van der Waals surface area (Å²) >= 11 is 0. The fourth-order valence-corrected chi connectivity index (χ4v) is 3.60. The maximum Gasteiger partial charge on any atom is 0.156 e. The number of quaternary nitrogens is 1. The first-order valence-electron chi connectivity index (χ1n) is 7.15. The highest BCUT2D eigenvalue weighted by atomic mass is 16.1. The topological polar surface area (TPSA) is 17.1 Å². The number of allylic oxidation sites excluding steroid dienone is 1. The van der Waals surface area contributed by atoms with Gasteiger partial charge in [-0.05, 0) is 11.6 Å². The maximum absolute atomic E-state index is 12.0. The molecule has 2 nitrogen and oxygen atoms in total. The Bertz CT molecular complexity index is 515. The standard InChI is InChI=1S/C17H22NO/c1-18(2)9-8-14-10-15(19)11-16(17(14)12-18)13-6-4-3-5-7-13/h3-7,10,16-17H,8-9,11-12H2,1-2H3/q+1. The molecule has 0 bridgehead atoms. The van der Waals surface area contributed by atoms with Crippen LogP contribution in [0.5, 0.6) is 0 Å². The highest BCUT2D eigenvalue weighted by molar-refractivity contribution is 5.92. The zero-order chi connectivity index (χ0) is 13.5. The van der Waals surface area contributed by atoms with E-state index in [1.807, 2.05) is 12.1 Å². The second kappa shape index (κ2) is 4.61. The van der Waals surface area contributed by atoms with E-state index in [9.17, 15) is 4.79 Å². The molecular weight excluding hydrogens is 234 g/mol. The van der Waals surface area contributed by atoms with Crippen LogP contribution in [0.15, 0.2) is 42.0 Å². The van der Waals surface area contributed by atoms with Crippen LogP contribution < -0.4 is 0 Å². The second-order valence-electron chi connectivity index (χ2n) is 6.61. The predicted octanol–water partition coefficient (Wildman–Crippen LogP) is 2.77. The van der Waals surface area contributed by atoms with Crippen molar-refractivity contribution in [2.75, 3.05) is 27.2 Å². The molecule has 0 N–H and O–H groups in total. The molecule has 1 aromatic rings. The lowest BCUT2D eigenvalue weighted by Crippen LogP contribution is -2.50. The van der Waals surface area contributed by atoms with Gasteiger partial charge in [-0.3, -0.25) is 4.79 Å². The number of hydrogen-bond donors (Lipinski definition) is 0. The minimum absolute atomic E-state index is 0.312. The van der Waals surface area contributed by atoms with Gasteiger partial charge in [-0.2, -0.15) is 0 Å². The van der Waals surface area contributed by atoms with Crippen molar-refractivity contribution in [1.29, 1.82) is 0 Å². The number of rotatable bonds is 1. The third-order valence-corrected chi connectivity index (χ3v) is 4.65. The molecule has 0 spiro atoms. The first kappa shape index (κ1) is 12.6. The van der Waals surface area contributed by atoms with Crippen molar-refractivity contribution in [1.82, 2.24) is 0 Å². The van der Waals surface area contributed by atoms with Crippen LogP contribution in [0.1, 0.15) is 24.3 Å². The minimum atomic E-state index is 0.312. The van der Waals surface area contributed by atoms with Gasteiger partial charge < -0.3 is 4.48 Å². The first-order valence-corrected chi connectivity index (χ1v) is 7.15. The summed E-state index contributed by atoms with van der Waals surface area (Å²) in [6.45, 7) is 2.30. The zero-order valence-electron chi connectivity index (χ0n) is 11.8. The van der Waals surface area contributed by atoms with Gasteiger partial charge in [0.25, 0.3) is 0 Å². The van der Waals surface area contributed by atoms with Crippen molar-refractivity contribution in [2.45, 2.75) is 18.8 Å². The number of carbonyl (C=O) groups is 1. The molecule has 0 aromatic heterocycles. The minimum Gasteiger partial charge on any atom is -0.328 e. The van der Waals surface area contributed by atoms with E-state index in [-0.39, 0.29) is 0 Å². The van der Waals surface area contributed by atoms with Gasteiger partial charge in [0.15, 0.2) is 5.78 Å². The van der Waals surface area contributed by atoms with Crippen molar-refractivity contribution in [3.8, 4) is 0 Å². The van der Waals surface area contributed by atoms with Gasteiger partial charge >= 0.3 is 0 Å². The molecule has 1 aliphatic carbocycles. The smallest absolute Gasteiger partial charge is 0.156 e. The van der Waals surface area contributed by atoms with Crippen LogP contribution in [0.2, 0.25) is 0 Å². The van der Waals surface area contributed by atoms with Crippen LogP contribution in [0.25, 0.3) is 0 Å². The number of likely N-dealkylation sites (tertiary alicyclic amines) is 1. The van der Waals surface area contributed by atoms with Crippen LogP contribution in [0.4, 0.5) is 0 Å². The normalized spacial score (nSPS) is 29.6. The van der Waals surface area contributed by atoms with Crippen LogP contribution in [-0.4, -0.2) is 37.5 Å². The van der Waals surface area contributed by atoms with Gasteiger partial charge in [0.2, 0.25) is 0 Å². The Hall–Kier alpha value is -1.41. The van der Waals surface area contributed by atoms with Crippen molar-refractivity contribution in [2.24, 2.45) is 5.92 Å². The summed E-state index contributed by atoms with van der Waals surface area (Å²) < 4.78 is 1.07. The van der Waals surface area contributed by atoms with Crippen LogP contribution in [-0.2, 0) is 4.79 Å². The quantitative estimate of drug-likeness (QED) is 0.706. The third kappa shape index (κ3) is 2.50. The highest BCUT2D eigenvalue weighted by Gasteiger charge is 2.40. The van der Waals surface area contributed by atoms with Gasteiger partial charge in [-0.15, -0.1) is 0 Å². The monoisotopic (exact) mass is 256 g/mol. The Morgan fingerprint density at radius 3 is 2.58 bits per heavy atom. The van der Waals surface area contributed by atoms with E-state index in [2.05, 4.69) is 38.4 Å². The lowest BCUT2D eigenvalue weighted by atomic mass is 9.71. The fourth-order valence-electron chi connectivity index (χ4n) is 3.60. The summed E-state index contributed by atoms with van der Waals surface area (Å²) in [6.07, 6.45) is 3.69. The van der Waals surface area contributed by atoms with Gasteiger partial charge in [-0.1, -0.05) is 35.9 Å². The summed E-state index contributed by atoms with van der Waals surface area (Å²) in [5.41, 5.74) is 2.72. The molecule has 2 unspecified atom stereocenters. The van der Waals surface area contributed by atoms with Crippen LogP contribution in [0, 0.1) is 5.92 Å². The van der Waals surface area contributed by atoms with E-state index in [0.717, 1.165) is 24.0 Å². The number of fused-ring (bicyclic) bond motifs is 1. The molecule has 1 saturated heterocycles. The van der Waals surface area contributed by atoms with Crippen LogP contribution in [0.3, 0.4) is 0 Å².